The molecule has 24 heavy (non-hydrogen) atoms. The van der Waals surface area contributed by atoms with Crippen molar-refractivity contribution in [2.24, 2.45) is 0 Å². The summed E-state index contributed by atoms with van der Waals surface area (Å²) < 4.78 is 40.6. The van der Waals surface area contributed by atoms with Crippen molar-refractivity contribution in [1.29, 1.82) is 0 Å². The molecule has 3 nitrogen and oxygen atoms in total. The fourth-order valence-electron chi connectivity index (χ4n) is 2.98. The summed E-state index contributed by atoms with van der Waals surface area (Å²) >= 11 is 0. The fourth-order valence-corrected chi connectivity index (χ4v) is 2.98. The largest absolute Gasteiger partial charge is 0.834 e. The summed E-state index contributed by atoms with van der Waals surface area (Å²) in [7, 11) is -2.66. The molecule has 2 heterocycles. The lowest BCUT2D eigenvalue weighted by Crippen LogP contribution is -2.64. The second-order valence-corrected chi connectivity index (χ2v) is 5.60. The maximum Gasteiger partial charge on any atom is 0.834 e. The number of pyridine rings is 1. The van der Waals surface area contributed by atoms with Crippen LogP contribution in [0.3, 0.4) is 0 Å². The number of methoxy groups -OCH3 is 1. The van der Waals surface area contributed by atoms with Crippen molar-refractivity contribution in [3.05, 3.63) is 71.9 Å². The number of para-hydroxylation sites is 1. The minimum atomic E-state index is -4.22. The van der Waals surface area contributed by atoms with Gasteiger partial charge < -0.3 is 22.5 Å². The molecule has 1 aliphatic rings. The van der Waals surface area contributed by atoms with Crippen LogP contribution in [0.1, 0.15) is 11.3 Å². The Morgan fingerprint density at radius 2 is 1.71 bits per heavy atom. The molecular weight excluding hydrogens is 311 g/mol. The third-order valence-electron chi connectivity index (χ3n) is 4.13. The Hall–Kier alpha value is -2.89. The van der Waals surface area contributed by atoms with Crippen LogP contribution in [0.4, 0.5) is 8.63 Å². The average molecular weight is 325 g/mol. The number of benzene rings is 2. The normalized spacial score (nSPS) is 15.4. The van der Waals surface area contributed by atoms with Crippen molar-refractivity contribution < 1.29 is 22.5 Å². The third kappa shape index (κ3) is 2.31. The molecule has 0 aliphatic carbocycles. The lowest BCUT2D eigenvalue weighted by molar-refractivity contribution is -0.556. The molecular formula is C18H14BF2NO2. The van der Waals surface area contributed by atoms with Gasteiger partial charge in [-0.05, 0) is 36.4 Å². The van der Waals surface area contributed by atoms with Crippen molar-refractivity contribution in [2.75, 3.05) is 7.11 Å². The van der Waals surface area contributed by atoms with Gasteiger partial charge in [0.05, 0.1) is 12.9 Å². The Kier molecular flexibility index (Phi) is 3.27. The highest BCUT2D eigenvalue weighted by Gasteiger charge is 2.50. The third-order valence-corrected chi connectivity index (χ3v) is 4.13. The molecule has 0 fully saturated rings. The van der Waals surface area contributed by atoms with Gasteiger partial charge >= 0.3 is 7.04 Å². The number of rotatable bonds is 2. The number of nitrogens with zero attached hydrogens (tertiary/aromatic N) is 1. The van der Waals surface area contributed by atoms with Crippen molar-refractivity contribution in [3.63, 3.8) is 0 Å². The standard InChI is InChI=1S/C18H14BF2NO2/c1-23-16-10-7-14(8-11-16)18-12-15-9-6-13-4-2-3-5-17(13)22(15)19(20,21)24-18/h2-12H,1H3. The number of hydrogen-bond donors (Lipinski definition) is 0. The minimum absolute atomic E-state index is 0.151. The van der Waals surface area contributed by atoms with Crippen LogP contribution in [0.5, 0.6) is 5.75 Å². The molecule has 1 aromatic heterocycles. The molecule has 6 heteroatoms. The summed E-state index contributed by atoms with van der Waals surface area (Å²) in [6, 6.07) is 17.4. The number of halogens is 2. The molecule has 1 aliphatic heterocycles. The van der Waals surface area contributed by atoms with E-state index in [4.69, 9.17) is 9.39 Å². The SMILES string of the molecule is COc1ccc(C2=Cc3ccc4ccccc4[n+]3[B-](F)(F)O2)cc1. The van der Waals surface area contributed by atoms with Gasteiger partial charge in [0, 0.05) is 29.2 Å². The number of hydrogen-bond acceptors (Lipinski definition) is 2. The smallest absolute Gasteiger partial charge is 0.599 e. The summed E-state index contributed by atoms with van der Waals surface area (Å²) in [6.45, 7) is 0. The van der Waals surface area contributed by atoms with Crippen LogP contribution in [0.15, 0.2) is 60.7 Å². The summed E-state index contributed by atoms with van der Waals surface area (Å²) in [5.41, 5.74) is 1.44. The maximum atomic E-state index is 14.7. The second kappa shape index (κ2) is 5.34. The van der Waals surface area contributed by atoms with E-state index in [1.807, 2.05) is 12.1 Å². The average Bonchev–Trinajstić information content (AvgIpc) is 2.60. The van der Waals surface area contributed by atoms with Gasteiger partial charge in [-0.15, -0.1) is 0 Å². The van der Waals surface area contributed by atoms with E-state index in [9.17, 15) is 8.63 Å². The van der Waals surface area contributed by atoms with Crippen LogP contribution >= 0.6 is 0 Å². The van der Waals surface area contributed by atoms with Crippen LogP contribution in [-0.2, 0) is 4.65 Å². The monoisotopic (exact) mass is 325 g/mol. The van der Waals surface area contributed by atoms with Gasteiger partial charge in [0.15, 0.2) is 11.2 Å². The number of aromatic nitrogens is 1. The topological polar surface area (TPSA) is 22.3 Å². The first-order valence-corrected chi connectivity index (χ1v) is 7.58. The summed E-state index contributed by atoms with van der Waals surface area (Å²) in [6.07, 6.45) is 1.63. The van der Waals surface area contributed by atoms with Crippen LogP contribution < -0.4 is 9.21 Å². The molecule has 0 saturated carbocycles. The lowest BCUT2D eigenvalue weighted by Gasteiger charge is -2.28. The maximum absolute atomic E-state index is 14.7. The Labute approximate surface area is 137 Å². The predicted octanol–water partition coefficient (Wildman–Crippen LogP) is 3.89. The van der Waals surface area contributed by atoms with E-state index in [0.29, 0.717) is 22.5 Å². The number of fused-ring (bicyclic) bond motifs is 3. The van der Waals surface area contributed by atoms with E-state index in [-0.39, 0.29) is 5.76 Å². The first-order chi connectivity index (χ1) is 11.6. The van der Waals surface area contributed by atoms with Crippen LogP contribution in [0, 0.1) is 0 Å². The van der Waals surface area contributed by atoms with Gasteiger partial charge in [-0.25, -0.2) is 0 Å². The van der Waals surface area contributed by atoms with Gasteiger partial charge in [-0.1, -0.05) is 12.1 Å². The Morgan fingerprint density at radius 3 is 2.46 bits per heavy atom. The van der Waals surface area contributed by atoms with Crippen LogP contribution in [0.2, 0.25) is 0 Å². The fraction of sp³-hybridized carbons (Fsp3) is 0.0556. The van der Waals surface area contributed by atoms with E-state index in [0.717, 1.165) is 9.86 Å². The first kappa shape index (κ1) is 14.7. The first-order valence-electron chi connectivity index (χ1n) is 7.58. The van der Waals surface area contributed by atoms with E-state index >= 15 is 0 Å². The second-order valence-electron chi connectivity index (χ2n) is 5.60. The van der Waals surface area contributed by atoms with E-state index in [2.05, 4.69) is 0 Å². The quantitative estimate of drug-likeness (QED) is 0.667. The molecule has 0 radical (unpaired) electrons. The molecule has 4 rings (SSSR count). The Balaban J connectivity index is 1.89. The van der Waals surface area contributed by atoms with Crippen molar-refractivity contribution in [3.8, 4) is 5.75 Å². The molecule has 0 amide bonds. The molecule has 0 saturated heterocycles. The highest BCUT2D eigenvalue weighted by Crippen LogP contribution is 2.30. The molecule has 0 spiro atoms. The number of ether oxygens (including phenoxy) is 1. The summed E-state index contributed by atoms with van der Waals surface area (Å²) in [5.74, 6) is 0.811. The van der Waals surface area contributed by atoms with E-state index in [1.165, 1.54) is 0 Å². The zero-order valence-corrected chi connectivity index (χ0v) is 12.9. The molecule has 0 unspecified atom stereocenters. The molecule has 0 atom stereocenters. The van der Waals surface area contributed by atoms with Crippen LogP contribution in [0.25, 0.3) is 22.7 Å². The van der Waals surface area contributed by atoms with Crippen LogP contribution in [-0.4, -0.2) is 14.1 Å². The lowest BCUT2D eigenvalue weighted by atomic mass is 9.96. The molecule has 0 N–H and O–H groups in total. The van der Waals surface area contributed by atoms with Gasteiger partial charge in [0.25, 0.3) is 0 Å². The van der Waals surface area contributed by atoms with Gasteiger partial charge in [-0.2, -0.15) is 0 Å². The summed E-state index contributed by atoms with van der Waals surface area (Å²) in [4.78, 5) is 0. The zero-order chi connectivity index (χ0) is 16.7. The van der Waals surface area contributed by atoms with Crippen molar-refractivity contribution >= 4 is 29.8 Å². The molecule has 2 aromatic carbocycles. The summed E-state index contributed by atoms with van der Waals surface area (Å²) in [5, 5.41) is 0.743. The highest BCUT2D eigenvalue weighted by molar-refractivity contribution is 6.51. The highest BCUT2D eigenvalue weighted by atomic mass is 19.3. The predicted molar refractivity (Wildman–Crippen MR) is 89.5 cm³/mol. The Bertz CT molecular complexity index is 955. The minimum Gasteiger partial charge on any atom is -0.599 e. The van der Waals surface area contributed by atoms with Gasteiger partial charge in [-0.3, -0.25) is 0 Å². The molecule has 0 bridgehead atoms. The van der Waals surface area contributed by atoms with Gasteiger partial charge in [0.1, 0.15) is 5.75 Å². The van der Waals surface area contributed by atoms with Crippen molar-refractivity contribution in [1.82, 2.24) is 0 Å². The zero-order valence-electron chi connectivity index (χ0n) is 12.9. The molecule has 3 aromatic rings. The van der Waals surface area contributed by atoms with Gasteiger partial charge in [0.2, 0.25) is 0 Å². The van der Waals surface area contributed by atoms with E-state index in [1.54, 1.807) is 61.7 Å². The Morgan fingerprint density at radius 1 is 0.958 bits per heavy atom. The van der Waals surface area contributed by atoms with Crippen molar-refractivity contribution in [2.45, 2.75) is 0 Å². The molecule has 120 valence electrons. The van der Waals surface area contributed by atoms with E-state index < -0.39 is 7.04 Å².